The van der Waals surface area contributed by atoms with Crippen molar-refractivity contribution in [2.75, 3.05) is 17.2 Å². The number of anilines is 2. The van der Waals surface area contributed by atoms with E-state index in [0.717, 1.165) is 28.9 Å². The summed E-state index contributed by atoms with van der Waals surface area (Å²) in [7, 11) is 0. The molecule has 2 aromatic rings. The molecule has 0 aliphatic carbocycles. The number of nitrogens with zero attached hydrogens (tertiary/aromatic N) is 1. The molecule has 0 aromatic heterocycles. The monoisotopic (exact) mass is 393 g/mol. The molecule has 0 fully saturated rings. The van der Waals surface area contributed by atoms with Crippen molar-refractivity contribution in [2.24, 2.45) is 11.3 Å². The Morgan fingerprint density at radius 2 is 1.76 bits per heavy atom. The van der Waals surface area contributed by atoms with Crippen LogP contribution in [0.25, 0.3) is 0 Å². The Labute approximate surface area is 173 Å². The van der Waals surface area contributed by atoms with Crippen LogP contribution in [-0.4, -0.2) is 23.4 Å². The molecular weight excluding hydrogens is 362 g/mol. The Morgan fingerprint density at radius 3 is 2.45 bits per heavy atom. The third-order valence-electron chi connectivity index (χ3n) is 5.86. The van der Waals surface area contributed by atoms with Crippen molar-refractivity contribution < 1.29 is 9.59 Å². The van der Waals surface area contributed by atoms with E-state index in [0.29, 0.717) is 25.4 Å². The number of hydrogen-bond acceptors (Lipinski definition) is 2. The quantitative estimate of drug-likeness (QED) is 0.742. The molecule has 0 radical (unpaired) electrons. The molecule has 154 valence electrons. The molecule has 1 aliphatic heterocycles. The van der Waals surface area contributed by atoms with Crippen LogP contribution in [0.15, 0.2) is 48.5 Å². The van der Waals surface area contributed by atoms with E-state index < -0.39 is 0 Å². The summed E-state index contributed by atoms with van der Waals surface area (Å²) in [6.07, 6.45) is 1.31. The standard InChI is InChI=1S/C24H31N3O2/c1-17(24(2,3)4)15-22(28)27-14-13-20-18(16-27)9-8-12-21(20)26-23(29)25-19-10-6-5-7-11-19/h5-12,17H,13-16H2,1-4H3,(H2,25,26,29). The van der Waals surface area contributed by atoms with Gasteiger partial charge in [0.25, 0.3) is 0 Å². The van der Waals surface area contributed by atoms with Crippen LogP contribution in [0.3, 0.4) is 0 Å². The zero-order chi connectivity index (χ0) is 21.0. The number of carbonyl (C=O) groups excluding carboxylic acids is 2. The zero-order valence-electron chi connectivity index (χ0n) is 17.8. The molecule has 2 N–H and O–H groups in total. The third kappa shape index (κ3) is 5.37. The molecule has 1 atom stereocenters. The molecule has 0 spiro atoms. The van der Waals surface area contributed by atoms with Gasteiger partial charge in [-0.3, -0.25) is 4.79 Å². The summed E-state index contributed by atoms with van der Waals surface area (Å²) in [6.45, 7) is 9.95. The second-order valence-corrected chi connectivity index (χ2v) is 8.92. The Kier molecular flexibility index (Phi) is 6.26. The average Bonchev–Trinajstić information content (AvgIpc) is 2.67. The van der Waals surface area contributed by atoms with Gasteiger partial charge in [0, 0.05) is 30.9 Å². The average molecular weight is 394 g/mol. The number of para-hydroxylation sites is 1. The van der Waals surface area contributed by atoms with Crippen molar-refractivity contribution in [3.8, 4) is 0 Å². The highest BCUT2D eigenvalue weighted by molar-refractivity contribution is 6.00. The predicted octanol–water partition coefficient (Wildman–Crippen LogP) is 5.29. The summed E-state index contributed by atoms with van der Waals surface area (Å²) >= 11 is 0. The lowest BCUT2D eigenvalue weighted by molar-refractivity contribution is -0.133. The summed E-state index contributed by atoms with van der Waals surface area (Å²) in [5.41, 5.74) is 3.90. The predicted molar refractivity (Wildman–Crippen MR) is 118 cm³/mol. The molecule has 5 heteroatoms. The van der Waals surface area contributed by atoms with Crippen LogP contribution in [-0.2, 0) is 17.8 Å². The van der Waals surface area contributed by atoms with Crippen LogP contribution in [0.5, 0.6) is 0 Å². The van der Waals surface area contributed by atoms with Gasteiger partial charge in [0.15, 0.2) is 0 Å². The van der Waals surface area contributed by atoms with E-state index in [2.05, 4.69) is 38.3 Å². The lowest BCUT2D eigenvalue weighted by Crippen LogP contribution is -2.38. The van der Waals surface area contributed by atoms with Crippen molar-refractivity contribution >= 4 is 23.3 Å². The van der Waals surface area contributed by atoms with Crippen LogP contribution < -0.4 is 10.6 Å². The van der Waals surface area contributed by atoms with Gasteiger partial charge >= 0.3 is 6.03 Å². The number of amides is 3. The largest absolute Gasteiger partial charge is 0.338 e. The lowest BCUT2D eigenvalue weighted by Gasteiger charge is -2.33. The number of nitrogens with one attached hydrogen (secondary N) is 2. The molecule has 0 bridgehead atoms. The molecule has 1 unspecified atom stereocenters. The van der Waals surface area contributed by atoms with Crippen LogP contribution in [0.1, 0.15) is 45.2 Å². The first kappa shape index (κ1) is 20.9. The van der Waals surface area contributed by atoms with Gasteiger partial charge in [-0.15, -0.1) is 0 Å². The fourth-order valence-corrected chi connectivity index (χ4v) is 3.44. The summed E-state index contributed by atoms with van der Waals surface area (Å²) < 4.78 is 0. The van der Waals surface area contributed by atoms with E-state index in [1.54, 1.807) is 0 Å². The van der Waals surface area contributed by atoms with Crippen molar-refractivity contribution in [1.29, 1.82) is 0 Å². The fourth-order valence-electron chi connectivity index (χ4n) is 3.44. The number of rotatable bonds is 4. The van der Waals surface area contributed by atoms with Gasteiger partial charge in [0.2, 0.25) is 5.91 Å². The van der Waals surface area contributed by atoms with Gasteiger partial charge in [-0.05, 0) is 47.1 Å². The van der Waals surface area contributed by atoms with Crippen LogP contribution in [0.4, 0.5) is 16.2 Å². The van der Waals surface area contributed by atoms with Crippen LogP contribution >= 0.6 is 0 Å². The topological polar surface area (TPSA) is 61.4 Å². The van der Waals surface area contributed by atoms with Gasteiger partial charge in [0.05, 0.1) is 0 Å². The minimum Gasteiger partial charge on any atom is -0.338 e. The zero-order valence-corrected chi connectivity index (χ0v) is 17.8. The molecule has 29 heavy (non-hydrogen) atoms. The van der Waals surface area contributed by atoms with Crippen molar-refractivity contribution in [3.05, 3.63) is 59.7 Å². The Balaban J connectivity index is 1.65. The molecular formula is C24H31N3O2. The van der Waals surface area contributed by atoms with E-state index in [9.17, 15) is 9.59 Å². The second-order valence-electron chi connectivity index (χ2n) is 8.92. The summed E-state index contributed by atoms with van der Waals surface area (Å²) in [6, 6.07) is 15.0. The molecule has 0 saturated carbocycles. The summed E-state index contributed by atoms with van der Waals surface area (Å²) in [5, 5.41) is 5.81. The molecule has 3 amide bonds. The lowest BCUT2D eigenvalue weighted by atomic mass is 9.80. The summed E-state index contributed by atoms with van der Waals surface area (Å²) in [5.74, 6) is 0.532. The van der Waals surface area contributed by atoms with Crippen molar-refractivity contribution in [3.63, 3.8) is 0 Å². The molecule has 2 aromatic carbocycles. The number of carbonyl (C=O) groups is 2. The van der Waals surface area contributed by atoms with E-state index >= 15 is 0 Å². The normalized spacial score (nSPS) is 14.7. The first-order chi connectivity index (χ1) is 13.7. The van der Waals surface area contributed by atoms with Crippen LogP contribution in [0.2, 0.25) is 0 Å². The van der Waals surface area contributed by atoms with Crippen LogP contribution in [0, 0.1) is 11.3 Å². The first-order valence-electron chi connectivity index (χ1n) is 10.3. The number of hydrogen-bond donors (Lipinski definition) is 2. The smallest absolute Gasteiger partial charge is 0.323 e. The maximum absolute atomic E-state index is 12.8. The number of urea groups is 1. The SMILES string of the molecule is CC(CC(=O)N1CCc2c(cccc2NC(=O)Nc2ccccc2)C1)C(C)(C)C. The minimum atomic E-state index is -0.262. The highest BCUT2D eigenvalue weighted by Crippen LogP contribution is 2.31. The van der Waals surface area contributed by atoms with Gasteiger partial charge in [-0.1, -0.05) is 58.0 Å². The summed E-state index contributed by atoms with van der Waals surface area (Å²) in [4.78, 5) is 27.1. The fraction of sp³-hybridized carbons (Fsp3) is 0.417. The van der Waals surface area contributed by atoms with E-state index in [-0.39, 0.29) is 17.4 Å². The van der Waals surface area contributed by atoms with Gasteiger partial charge in [-0.25, -0.2) is 4.79 Å². The van der Waals surface area contributed by atoms with Gasteiger partial charge in [0.1, 0.15) is 0 Å². The first-order valence-corrected chi connectivity index (χ1v) is 10.3. The van der Waals surface area contributed by atoms with E-state index in [1.165, 1.54) is 0 Å². The maximum atomic E-state index is 12.8. The molecule has 1 heterocycles. The van der Waals surface area contributed by atoms with Gasteiger partial charge in [-0.2, -0.15) is 0 Å². The number of benzene rings is 2. The third-order valence-corrected chi connectivity index (χ3v) is 5.86. The Hall–Kier alpha value is -2.82. The van der Waals surface area contributed by atoms with Crippen molar-refractivity contribution in [2.45, 2.75) is 47.1 Å². The molecule has 1 aliphatic rings. The highest BCUT2D eigenvalue weighted by Gasteiger charge is 2.27. The molecule has 5 nitrogen and oxygen atoms in total. The Morgan fingerprint density at radius 1 is 1.03 bits per heavy atom. The second kappa shape index (κ2) is 8.68. The van der Waals surface area contributed by atoms with E-state index in [1.807, 2.05) is 53.4 Å². The van der Waals surface area contributed by atoms with Gasteiger partial charge < -0.3 is 15.5 Å². The number of fused-ring (bicyclic) bond motifs is 1. The van der Waals surface area contributed by atoms with E-state index in [4.69, 9.17) is 0 Å². The molecule has 3 rings (SSSR count). The van der Waals surface area contributed by atoms with Crippen molar-refractivity contribution in [1.82, 2.24) is 4.90 Å². The minimum absolute atomic E-state index is 0.118. The maximum Gasteiger partial charge on any atom is 0.323 e. The Bertz CT molecular complexity index is 871. The highest BCUT2D eigenvalue weighted by atomic mass is 16.2. The molecule has 0 saturated heterocycles.